The second-order valence-corrected chi connectivity index (χ2v) is 12.6. The average Bonchev–Trinajstić information content (AvgIpc) is 3.21. The topological polar surface area (TPSA) is 197 Å². The summed E-state index contributed by atoms with van der Waals surface area (Å²) in [6.07, 6.45) is -15.4. The number of benzene rings is 4. The maximum atomic E-state index is 13.5. The summed E-state index contributed by atoms with van der Waals surface area (Å²) in [5.41, 5.74) is 1.11. The molecule has 0 aromatic heterocycles. The maximum Gasteiger partial charge on any atom is 0.338 e. The van der Waals surface area contributed by atoms with Gasteiger partial charge in [-0.05, 0) is 42.0 Å². The summed E-state index contributed by atoms with van der Waals surface area (Å²) in [7, 11) is 0. The van der Waals surface area contributed by atoms with Crippen LogP contribution in [-0.2, 0) is 39.8 Å². The normalized spacial score (nSPS) is 28.1. The molecule has 0 radical (unpaired) electrons. The minimum atomic E-state index is -1.95. The molecule has 4 aromatic carbocycles. The minimum Gasteiger partial charge on any atom is -0.452 e. The van der Waals surface area contributed by atoms with Crippen LogP contribution in [0.3, 0.4) is 0 Å². The first-order valence-electron chi connectivity index (χ1n) is 17.2. The molecule has 0 spiro atoms. The quantitative estimate of drug-likeness (QED) is 0.115. The Morgan fingerprint density at radius 2 is 0.981 bits per heavy atom. The van der Waals surface area contributed by atoms with Crippen LogP contribution in [0.25, 0.3) is 0 Å². The van der Waals surface area contributed by atoms with E-state index in [0.717, 1.165) is 5.56 Å². The molecule has 0 aliphatic carbocycles. The van der Waals surface area contributed by atoms with Gasteiger partial charge in [0.2, 0.25) is 0 Å². The zero-order chi connectivity index (χ0) is 38.0. The van der Waals surface area contributed by atoms with Gasteiger partial charge in [0.05, 0.1) is 36.5 Å². The van der Waals surface area contributed by atoms with Crippen LogP contribution in [0.4, 0.5) is 0 Å². The Balaban J connectivity index is 1.28. The molecule has 2 heterocycles. The van der Waals surface area contributed by atoms with E-state index in [0.29, 0.717) is 0 Å². The minimum absolute atomic E-state index is 0.0114. The van der Waals surface area contributed by atoms with E-state index in [1.165, 1.54) is 36.4 Å². The number of esters is 3. The number of rotatable bonds is 13. The first-order valence-corrected chi connectivity index (χ1v) is 17.2. The highest BCUT2D eigenvalue weighted by Gasteiger charge is 2.53. The van der Waals surface area contributed by atoms with Crippen LogP contribution in [-0.4, -0.2) is 113 Å². The van der Waals surface area contributed by atoms with Gasteiger partial charge in [-0.2, -0.15) is 0 Å². The number of aliphatic hydroxyl groups is 4. The summed E-state index contributed by atoms with van der Waals surface area (Å²) in [6, 6.07) is 32.7. The van der Waals surface area contributed by atoms with E-state index < -0.39 is 92.5 Å². The molecule has 284 valence electrons. The summed E-state index contributed by atoms with van der Waals surface area (Å²) >= 11 is 0. The van der Waals surface area contributed by atoms with Crippen molar-refractivity contribution in [1.29, 1.82) is 0 Å². The summed E-state index contributed by atoms with van der Waals surface area (Å²) in [5, 5.41) is 43.4. The molecule has 54 heavy (non-hydrogen) atoms. The van der Waals surface area contributed by atoms with Crippen molar-refractivity contribution in [2.24, 2.45) is 0 Å². The predicted molar refractivity (Wildman–Crippen MR) is 187 cm³/mol. The highest BCUT2D eigenvalue weighted by atomic mass is 16.7. The molecule has 2 aliphatic rings. The first-order chi connectivity index (χ1) is 26.2. The van der Waals surface area contributed by atoms with E-state index in [-0.39, 0.29) is 23.3 Å². The van der Waals surface area contributed by atoms with Crippen molar-refractivity contribution < 1.29 is 68.0 Å². The van der Waals surface area contributed by atoms with Gasteiger partial charge in [0.25, 0.3) is 0 Å². The van der Waals surface area contributed by atoms with Gasteiger partial charge >= 0.3 is 17.9 Å². The van der Waals surface area contributed by atoms with Crippen molar-refractivity contribution in [3.8, 4) is 0 Å². The van der Waals surface area contributed by atoms with Crippen molar-refractivity contribution in [1.82, 2.24) is 0 Å². The van der Waals surface area contributed by atoms with Crippen molar-refractivity contribution in [2.75, 3.05) is 13.2 Å². The van der Waals surface area contributed by atoms with Crippen LogP contribution in [0.1, 0.15) is 36.6 Å². The van der Waals surface area contributed by atoms with Crippen LogP contribution in [0, 0.1) is 0 Å². The van der Waals surface area contributed by atoms with Crippen LogP contribution in [0.15, 0.2) is 121 Å². The van der Waals surface area contributed by atoms with Gasteiger partial charge in [-0.1, -0.05) is 84.9 Å². The molecule has 14 heteroatoms. The van der Waals surface area contributed by atoms with E-state index in [9.17, 15) is 34.8 Å². The second-order valence-electron chi connectivity index (χ2n) is 12.6. The number of hydrogen-bond donors (Lipinski definition) is 4. The fraction of sp³-hybridized carbons (Fsp3) is 0.325. The van der Waals surface area contributed by atoms with E-state index >= 15 is 0 Å². The Kier molecular flexibility index (Phi) is 13.1. The SMILES string of the molecule is O=C(O[C@@H]1[C@@H](OC(=O)c2ccccc2)[C@@H](O)O[C@H](CO[C@@H]2O[C@H](CO)[C@@H](O)[C@H](OCc3ccccc3)[C@@H]2O)[C@H]1OC(=O)c1ccccc1)c1ccccc1. The molecule has 2 saturated heterocycles. The van der Waals surface area contributed by atoms with Gasteiger partial charge < -0.3 is 53.6 Å². The Morgan fingerprint density at radius 3 is 1.48 bits per heavy atom. The Morgan fingerprint density at radius 1 is 0.519 bits per heavy atom. The lowest BCUT2D eigenvalue weighted by atomic mass is 9.97. The van der Waals surface area contributed by atoms with Crippen LogP contribution >= 0.6 is 0 Å². The number of carbonyl (C=O) groups is 3. The van der Waals surface area contributed by atoms with Gasteiger partial charge in [-0.3, -0.25) is 0 Å². The number of aliphatic hydroxyl groups excluding tert-OH is 4. The van der Waals surface area contributed by atoms with Gasteiger partial charge in [-0.25, -0.2) is 14.4 Å². The molecule has 10 atom stereocenters. The third kappa shape index (κ3) is 9.36. The zero-order valence-corrected chi connectivity index (χ0v) is 28.8. The summed E-state index contributed by atoms with van der Waals surface area (Å²) < 4.78 is 40.8. The zero-order valence-electron chi connectivity index (χ0n) is 28.8. The van der Waals surface area contributed by atoms with Gasteiger partial charge in [0, 0.05) is 0 Å². The van der Waals surface area contributed by atoms with Crippen molar-refractivity contribution in [3.05, 3.63) is 144 Å². The first kappa shape index (κ1) is 38.7. The fourth-order valence-electron chi connectivity index (χ4n) is 6.07. The summed E-state index contributed by atoms with van der Waals surface area (Å²) in [6.45, 7) is -1.22. The molecular formula is C40H40O14. The van der Waals surface area contributed by atoms with Crippen molar-refractivity contribution in [3.63, 3.8) is 0 Å². The van der Waals surface area contributed by atoms with E-state index in [2.05, 4.69) is 0 Å². The molecule has 0 bridgehead atoms. The molecule has 4 N–H and O–H groups in total. The Bertz CT molecular complexity index is 1790. The average molecular weight is 745 g/mol. The third-order valence-electron chi connectivity index (χ3n) is 8.90. The van der Waals surface area contributed by atoms with Crippen LogP contribution in [0.5, 0.6) is 0 Å². The molecule has 2 fully saturated rings. The maximum absolute atomic E-state index is 13.5. The molecule has 2 aliphatic heterocycles. The molecule has 4 aromatic rings. The summed E-state index contributed by atoms with van der Waals surface area (Å²) in [5.74, 6) is -2.65. The van der Waals surface area contributed by atoms with Crippen molar-refractivity contribution in [2.45, 2.75) is 68.0 Å². The van der Waals surface area contributed by atoms with Crippen LogP contribution in [0.2, 0.25) is 0 Å². The fourth-order valence-corrected chi connectivity index (χ4v) is 6.07. The predicted octanol–water partition coefficient (Wildman–Crippen LogP) is 2.42. The number of hydrogen-bond acceptors (Lipinski definition) is 14. The standard InChI is InChI=1S/C40H40O14/c41-21-28-30(42)33(48-22-24-13-5-1-6-14-24)31(43)40(51-28)49-23-29-32(52-36(44)25-15-7-2-8-16-25)34(53-37(45)26-17-9-3-10-18-26)35(39(47)50-29)54-38(46)27-19-11-4-12-20-27/h1-20,28-35,39-43,47H,21-23H2/t28-,29-,30-,31+,32-,33+,34+,35-,39+,40-/m1/s1. The Labute approximate surface area is 310 Å². The summed E-state index contributed by atoms with van der Waals surface area (Å²) in [4.78, 5) is 40.3. The number of carbonyl (C=O) groups excluding carboxylic acids is 3. The lowest BCUT2D eigenvalue weighted by Crippen LogP contribution is -2.63. The van der Waals surface area contributed by atoms with Crippen molar-refractivity contribution >= 4 is 17.9 Å². The molecule has 6 rings (SSSR count). The monoisotopic (exact) mass is 744 g/mol. The molecule has 0 saturated carbocycles. The lowest BCUT2D eigenvalue weighted by Gasteiger charge is -2.45. The van der Waals surface area contributed by atoms with E-state index in [4.69, 9.17) is 33.2 Å². The number of ether oxygens (including phenoxy) is 7. The van der Waals surface area contributed by atoms with Gasteiger partial charge in [0.15, 0.2) is 30.9 Å². The molecule has 0 unspecified atom stereocenters. The largest absolute Gasteiger partial charge is 0.452 e. The van der Waals surface area contributed by atoms with E-state index in [1.54, 1.807) is 78.9 Å². The molecule has 0 amide bonds. The smallest absolute Gasteiger partial charge is 0.338 e. The lowest BCUT2D eigenvalue weighted by molar-refractivity contribution is -0.329. The second kappa shape index (κ2) is 18.3. The third-order valence-corrected chi connectivity index (χ3v) is 8.90. The van der Waals surface area contributed by atoms with Gasteiger partial charge in [0.1, 0.15) is 30.5 Å². The molecule has 14 nitrogen and oxygen atoms in total. The Hall–Kier alpha value is -5.03. The highest BCUT2D eigenvalue weighted by molar-refractivity contribution is 5.91. The van der Waals surface area contributed by atoms with E-state index in [1.807, 2.05) is 6.07 Å². The molecular weight excluding hydrogens is 704 g/mol. The highest BCUT2D eigenvalue weighted by Crippen LogP contribution is 2.32. The van der Waals surface area contributed by atoms with Gasteiger partial charge in [-0.15, -0.1) is 0 Å². The van der Waals surface area contributed by atoms with Crippen LogP contribution < -0.4 is 0 Å².